The number of allylic oxidation sites excluding steroid dienone is 4. The van der Waals surface area contributed by atoms with E-state index in [1.165, 1.54) is 51.1 Å². The number of carbonyl (C=O) groups is 9. The molecule has 4 bridgehead atoms. The molecule has 83 heavy (non-hydrogen) atoms. The Morgan fingerprint density at radius 3 is 2.47 bits per heavy atom. The van der Waals surface area contributed by atoms with Crippen LogP contribution in [0.15, 0.2) is 48.6 Å². The molecule has 4 aliphatic rings. The minimum absolute atomic E-state index is 0.0222. The van der Waals surface area contributed by atoms with Gasteiger partial charge in [-0.2, -0.15) is 0 Å². The number of nitrogens with one attached hydrogen (secondary N) is 2. The molecular weight excluding hydrogens is 1190 g/mol. The molecule has 6 amide bonds. The third kappa shape index (κ3) is 19.4. The number of alkyl carbamates (subject to hydrolysis) is 1. The number of benzene rings is 1. The summed E-state index contributed by atoms with van der Waals surface area (Å²) in [6, 6.07) is 2.36. The molecule has 0 aliphatic carbocycles. The van der Waals surface area contributed by atoms with Crippen molar-refractivity contribution in [2.24, 2.45) is 5.92 Å². The Labute approximate surface area is 502 Å². The molecule has 1 aromatic carbocycles. The number of fused-ring (bicyclic) bond motifs is 5. The van der Waals surface area contributed by atoms with E-state index >= 15 is 0 Å². The van der Waals surface area contributed by atoms with E-state index in [4.69, 9.17) is 49.5 Å². The molecule has 26 heteroatoms. The fraction of sp³-hybridized carbons (Fsp3) is 0.632. The summed E-state index contributed by atoms with van der Waals surface area (Å²) in [6.45, 7) is 11.0. The number of Topliss-reactive ketones (excluding diaryl/α,β-unsaturated/α-hetero) is 1. The summed E-state index contributed by atoms with van der Waals surface area (Å²) in [7, 11) is 5.84. The lowest BCUT2D eigenvalue weighted by molar-refractivity contribution is -0.162. The molecule has 2 unspecified atom stereocenters. The average molecular weight is 1270 g/mol. The van der Waals surface area contributed by atoms with Gasteiger partial charge >= 0.3 is 12.1 Å². The van der Waals surface area contributed by atoms with Crippen LogP contribution in [0.4, 0.5) is 10.5 Å². The molecule has 3 N–H and O–H groups in total. The number of carbonyl (C=O) groups excluding carboxylic acids is 9. The van der Waals surface area contributed by atoms with Crippen molar-refractivity contribution < 1.29 is 86.2 Å². The predicted octanol–water partition coefficient (Wildman–Crippen LogP) is 4.58. The van der Waals surface area contributed by atoms with E-state index in [2.05, 4.69) is 33.1 Å². The molecule has 460 valence electrons. The molecule has 10 atom stereocenters. The number of ketones is 2. The summed E-state index contributed by atoms with van der Waals surface area (Å²) >= 11 is 11.0. The number of likely N-dealkylation sites (N-methyl/N-ethyl adjacent to an activating group) is 1. The lowest BCUT2D eigenvalue weighted by atomic mass is 9.83. The zero-order chi connectivity index (χ0) is 61.2. The van der Waals surface area contributed by atoms with Crippen molar-refractivity contribution in [3.05, 3.63) is 59.2 Å². The summed E-state index contributed by atoms with van der Waals surface area (Å²) in [6.07, 6.45) is 1.92. The van der Waals surface area contributed by atoms with Gasteiger partial charge in [0.15, 0.2) is 17.3 Å². The highest BCUT2D eigenvalue weighted by Crippen LogP contribution is 2.49. The highest BCUT2D eigenvalue weighted by atomic mass is 79.9. The number of likely N-dealkylation sites (tertiary alicyclic amines) is 1. The molecule has 0 aromatic heterocycles. The van der Waals surface area contributed by atoms with E-state index in [9.17, 15) is 48.3 Å². The van der Waals surface area contributed by atoms with Crippen molar-refractivity contribution in [3.63, 3.8) is 0 Å². The summed E-state index contributed by atoms with van der Waals surface area (Å²) in [4.78, 5) is 121. The number of methoxy groups -OCH3 is 2. The van der Waals surface area contributed by atoms with Crippen LogP contribution < -0.4 is 20.3 Å². The summed E-state index contributed by atoms with van der Waals surface area (Å²) in [5.74, 6) is -3.29. The highest BCUT2D eigenvalue weighted by Gasteiger charge is 2.64. The maximum atomic E-state index is 14.4. The van der Waals surface area contributed by atoms with Crippen LogP contribution in [-0.2, 0) is 77.9 Å². The van der Waals surface area contributed by atoms with Crippen LogP contribution in [-0.4, -0.2) is 207 Å². The van der Waals surface area contributed by atoms with Crippen molar-refractivity contribution in [1.29, 1.82) is 0 Å². The third-order valence-electron chi connectivity index (χ3n) is 15.0. The Morgan fingerprint density at radius 1 is 1.06 bits per heavy atom. The zero-order valence-electron chi connectivity index (χ0n) is 48.4. The van der Waals surface area contributed by atoms with Crippen molar-refractivity contribution in [2.45, 2.75) is 139 Å². The fourth-order valence-corrected chi connectivity index (χ4v) is 11.4. The second kappa shape index (κ2) is 32.3. The first-order chi connectivity index (χ1) is 39.4. The monoisotopic (exact) mass is 1270 g/mol. The van der Waals surface area contributed by atoms with Crippen LogP contribution in [0, 0.1) is 5.92 Å². The number of hydrogen-bond acceptors (Lipinski definition) is 19. The van der Waals surface area contributed by atoms with E-state index in [1.54, 1.807) is 38.1 Å². The Kier molecular flexibility index (Phi) is 26.7. The number of aliphatic hydroxyl groups is 1. The zero-order valence-corrected chi connectivity index (χ0v) is 51.6. The number of nitrogens with zero attached hydrogens (tertiary/aromatic N) is 3. The SMILES string of the molecule is C=CC(=O)CCC(CNC(=O)CBr)OCC(=O)CCCOCCOCCN1C(=O)CC(SCCC(=O)N(C)[C@@H](C)C(=O)O[C@H]2CC(=O)N(C)c3cc(cc(OC)c3Cl)C/C(C)=C/C=C/[C@@H](OC)[C@@]3(O)C[C@H](OC(=O)N3)[C@@H](C)[C@@H]3O[C@@]23C)C1=O. The van der Waals surface area contributed by atoms with Gasteiger partial charge in [0, 0.05) is 78.1 Å². The first-order valence-electron chi connectivity index (χ1n) is 27.5. The van der Waals surface area contributed by atoms with Gasteiger partial charge in [-0.15, -0.1) is 11.8 Å². The summed E-state index contributed by atoms with van der Waals surface area (Å²) in [5.41, 5.74) is -1.24. The first-order valence-corrected chi connectivity index (χ1v) is 30.0. The topological polar surface area (TPSA) is 285 Å². The second-order valence-electron chi connectivity index (χ2n) is 21.0. The Balaban J connectivity index is 1.11. The van der Waals surface area contributed by atoms with Gasteiger partial charge in [-0.05, 0) is 63.8 Å². The number of thioether (sulfide) groups is 1. The van der Waals surface area contributed by atoms with E-state index in [0.29, 0.717) is 30.7 Å². The summed E-state index contributed by atoms with van der Waals surface area (Å²) in [5, 5.41) is 16.6. The number of halogens is 2. The van der Waals surface area contributed by atoms with Gasteiger partial charge in [0.25, 0.3) is 0 Å². The smallest absolute Gasteiger partial charge is 0.409 e. The van der Waals surface area contributed by atoms with Gasteiger partial charge in [-0.1, -0.05) is 64.8 Å². The molecule has 4 aliphatic heterocycles. The first kappa shape index (κ1) is 68.5. The van der Waals surface area contributed by atoms with Crippen LogP contribution in [0.2, 0.25) is 5.02 Å². The van der Waals surface area contributed by atoms with Crippen LogP contribution in [0.5, 0.6) is 5.75 Å². The lowest BCUT2D eigenvalue weighted by Gasteiger charge is -2.42. The van der Waals surface area contributed by atoms with Gasteiger partial charge in [0.1, 0.15) is 47.3 Å². The molecule has 0 saturated carbocycles. The largest absolute Gasteiger partial charge is 0.495 e. The number of esters is 1. The molecule has 3 saturated heterocycles. The number of rotatable bonds is 29. The van der Waals surface area contributed by atoms with E-state index < -0.39 is 95.3 Å². The van der Waals surface area contributed by atoms with Crippen molar-refractivity contribution in [2.75, 3.05) is 90.4 Å². The molecule has 1 aromatic rings. The molecular formula is C57H79BrClN5O18S. The third-order valence-corrected chi connectivity index (χ3v) is 17.1. The molecule has 3 fully saturated rings. The predicted molar refractivity (Wildman–Crippen MR) is 310 cm³/mol. The number of amides is 6. The van der Waals surface area contributed by atoms with Crippen molar-refractivity contribution in [3.8, 4) is 5.75 Å². The molecule has 0 radical (unpaired) electrons. The lowest BCUT2D eigenvalue weighted by Crippen LogP contribution is -2.63. The molecule has 4 heterocycles. The van der Waals surface area contributed by atoms with E-state index in [0.717, 1.165) is 27.8 Å². The van der Waals surface area contributed by atoms with Crippen LogP contribution >= 0.6 is 39.3 Å². The van der Waals surface area contributed by atoms with Gasteiger partial charge < -0.3 is 58.1 Å². The van der Waals surface area contributed by atoms with Gasteiger partial charge in [-0.25, -0.2) is 9.59 Å². The molecule has 23 nitrogen and oxygen atoms in total. The number of hydrogen-bond donors (Lipinski definition) is 3. The molecule has 5 rings (SSSR count). The maximum absolute atomic E-state index is 14.4. The molecule has 0 spiro atoms. The minimum atomic E-state index is -1.89. The second-order valence-corrected chi connectivity index (χ2v) is 23.3. The number of epoxide rings is 1. The minimum Gasteiger partial charge on any atom is -0.495 e. The number of alkyl halides is 1. The normalized spacial score (nSPS) is 26.3. The van der Waals surface area contributed by atoms with E-state index in [1.807, 2.05) is 13.0 Å². The maximum Gasteiger partial charge on any atom is 0.409 e. The quantitative estimate of drug-likeness (QED) is 0.0247. The number of anilines is 1. The number of ether oxygens (including phenoxy) is 8. The van der Waals surface area contributed by atoms with Crippen LogP contribution in [0.3, 0.4) is 0 Å². The van der Waals surface area contributed by atoms with E-state index in [-0.39, 0.29) is 118 Å². The van der Waals surface area contributed by atoms with Gasteiger partial charge in [0.2, 0.25) is 29.5 Å². The Bertz CT molecular complexity index is 2590. The Hall–Kier alpha value is -5.25. The Morgan fingerprint density at radius 2 is 1.78 bits per heavy atom. The van der Waals surface area contributed by atoms with Crippen molar-refractivity contribution in [1.82, 2.24) is 20.4 Å². The average Bonchev–Trinajstić information content (AvgIpc) is 4.23. The van der Waals surface area contributed by atoms with Crippen molar-refractivity contribution >= 4 is 98.1 Å². The van der Waals surface area contributed by atoms with Crippen LogP contribution in [0.1, 0.15) is 84.6 Å². The highest BCUT2D eigenvalue weighted by molar-refractivity contribution is 9.09. The fourth-order valence-electron chi connectivity index (χ4n) is 9.76. The van der Waals surface area contributed by atoms with Crippen LogP contribution in [0.25, 0.3) is 0 Å². The summed E-state index contributed by atoms with van der Waals surface area (Å²) < 4.78 is 46.3. The number of imide groups is 1. The van der Waals surface area contributed by atoms with Gasteiger partial charge in [-0.3, -0.25) is 43.8 Å². The van der Waals surface area contributed by atoms with Gasteiger partial charge in [0.05, 0.1) is 68.4 Å². The standard InChI is InChI=1S/C57H79BrClN5O18S/c1-10-38(65)16-17-40(32-60-47(67)31-58)79-33-39(66)14-12-20-77-22-23-78-21-19-64-50(70)28-44(53(64)71)83-24-18-48(68)62(6)36(4)54(72)81-46-29-49(69)63(7)41-26-37(27-42(75-8)51(41)59)25-34(2)13-11-15-45(76-9)57(74)30-43(80-55(73)61-57)35(3)52-56(46,5)82-52/h10-11,13,15,26-27,35-36,40,43-46,52,74H,1,12,14,16-25,28-33H2,2-9H3,(H,60,67)(H,61,73)/b15-11+,34-13+/t35-,36+,40?,43+,44?,45-,46+,52+,56+,57+/m1/s1.